The van der Waals surface area contributed by atoms with Gasteiger partial charge in [0.05, 0.1) is 10.4 Å². The molecule has 0 spiro atoms. The topological polar surface area (TPSA) is 43.8 Å². The molecule has 2 aromatic heterocycles. The van der Waals surface area contributed by atoms with Gasteiger partial charge < -0.3 is 5.73 Å². The summed E-state index contributed by atoms with van der Waals surface area (Å²) >= 11 is 7.71. The number of nitrogens with two attached hydrogens (primary N) is 1. The van der Waals surface area contributed by atoms with Crippen molar-refractivity contribution in [3.63, 3.8) is 0 Å². The van der Waals surface area contributed by atoms with Gasteiger partial charge in [-0.15, -0.1) is 11.3 Å². The molecule has 2 heterocycles. The molecular formula is C14H12ClN3S. The summed E-state index contributed by atoms with van der Waals surface area (Å²) < 4.78 is 1.70. The molecule has 0 aliphatic rings. The molecule has 1 aromatic carbocycles. The molecule has 3 nitrogen and oxygen atoms in total. The lowest BCUT2D eigenvalue weighted by Crippen LogP contribution is -1.97. The monoisotopic (exact) mass is 289 g/mol. The Morgan fingerprint density at radius 2 is 2.11 bits per heavy atom. The highest BCUT2D eigenvalue weighted by Crippen LogP contribution is 2.38. The average molecular weight is 290 g/mol. The second kappa shape index (κ2) is 4.72. The van der Waals surface area contributed by atoms with Crippen molar-refractivity contribution in [3.8, 4) is 21.7 Å². The zero-order valence-electron chi connectivity index (χ0n) is 10.3. The molecule has 3 rings (SSSR count). The zero-order valence-corrected chi connectivity index (χ0v) is 11.9. The lowest BCUT2D eigenvalue weighted by atomic mass is 10.0. The largest absolute Gasteiger partial charge is 0.383 e. The van der Waals surface area contributed by atoms with E-state index in [1.54, 1.807) is 16.0 Å². The predicted octanol–water partition coefficient (Wildman–Crippen LogP) is 4.05. The standard InChI is InChI=1S/C14H12ClN3S/c1-18-14(16)12(9-4-2-5-10(15)8-9)13(17-18)11-6-3-7-19-11/h2-8H,16H2,1H3. The van der Waals surface area contributed by atoms with Crippen LogP contribution in [0.5, 0.6) is 0 Å². The minimum absolute atomic E-state index is 0.644. The maximum Gasteiger partial charge on any atom is 0.129 e. The summed E-state index contributed by atoms with van der Waals surface area (Å²) in [6, 6.07) is 11.7. The van der Waals surface area contributed by atoms with E-state index in [0.29, 0.717) is 10.8 Å². The molecule has 0 radical (unpaired) electrons. The van der Waals surface area contributed by atoms with Crippen LogP contribution in [0.4, 0.5) is 5.82 Å². The van der Waals surface area contributed by atoms with Crippen molar-refractivity contribution in [2.45, 2.75) is 0 Å². The highest BCUT2D eigenvalue weighted by atomic mass is 35.5. The molecule has 0 atom stereocenters. The van der Waals surface area contributed by atoms with Gasteiger partial charge in [0, 0.05) is 12.1 Å². The van der Waals surface area contributed by atoms with Crippen LogP contribution in [0.1, 0.15) is 0 Å². The lowest BCUT2D eigenvalue weighted by molar-refractivity contribution is 0.783. The summed E-state index contributed by atoms with van der Waals surface area (Å²) in [5.41, 5.74) is 8.98. The highest BCUT2D eigenvalue weighted by molar-refractivity contribution is 7.13. The summed E-state index contributed by atoms with van der Waals surface area (Å²) in [4.78, 5) is 1.10. The number of halogens is 1. The third kappa shape index (κ3) is 2.13. The second-order valence-electron chi connectivity index (χ2n) is 4.22. The van der Waals surface area contributed by atoms with Crippen molar-refractivity contribution < 1.29 is 0 Å². The van der Waals surface area contributed by atoms with Crippen LogP contribution in [0.15, 0.2) is 41.8 Å². The Morgan fingerprint density at radius 3 is 2.79 bits per heavy atom. The van der Waals surface area contributed by atoms with E-state index in [1.807, 2.05) is 48.8 Å². The van der Waals surface area contributed by atoms with Crippen LogP contribution in [0.25, 0.3) is 21.7 Å². The van der Waals surface area contributed by atoms with E-state index in [1.165, 1.54) is 0 Å². The van der Waals surface area contributed by atoms with E-state index in [2.05, 4.69) is 5.10 Å². The maximum absolute atomic E-state index is 6.15. The van der Waals surface area contributed by atoms with Gasteiger partial charge in [0.15, 0.2) is 0 Å². The number of aromatic nitrogens is 2. The number of anilines is 1. The van der Waals surface area contributed by atoms with Gasteiger partial charge in [0.25, 0.3) is 0 Å². The fourth-order valence-electron chi connectivity index (χ4n) is 2.05. The van der Waals surface area contributed by atoms with Crippen LogP contribution < -0.4 is 5.73 Å². The van der Waals surface area contributed by atoms with E-state index in [0.717, 1.165) is 21.7 Å². The van der Waals surface area contributed by atoms with Gasteiger partial charge >= 0.3 is 0 Å². The molecule has 2 N–H and O–H groups in total. The molecule has 0 unspecified atom stereocenters. The molecular weight excluding hydrogens is 278 g/mol. The van der Waals surface area contributed by atoms with Gasteiger partial charge in [0.1, 0.15) is 11.5 Å². The Hall–Kier alpha value is -1.78. The van der Waals surface area contributed by atoms with Gasteiger partial charge in [-0.2, -0.15) is 5.10 Å². The van der Waals surface area contributed by atoms with E-state index in [4.69, 9.17) is 17.3 Å². The second-order valence-corrected chi connectivity index (χ2v) is 5.60. The quantitative estimate of drug-likeness (QED) is 0.773. The van der Waals surface area contributed by atoms with Gasteiger partial charge in [-0.1, -0.05) is 29.8 Å². The molecule has 0 aliphatic heterocycles. The van der Waals surface area contributed by atoms with Crippen molar-refractivity contribution in [2.75, 3.05) is 5.73 Å². The molecule has 96 valence electrons. The molecule has 19 heavy (non-hydrogen) atoms. The highest BCUT2D eigenvalue weighted by Gasteiger charge is 2.18. The SMILES string of the molecule is Cn1nc(-c2cccs2)c(-c2cccc(Cl)c2)c1N. The molecule has 0 bridgehead atoms. The lowest BCUT2D eigenvalue weighted by Gasteiger charge is -2.03. The zero-order chi connectivity index (χ0) is 13.4. The number of thiophene rings is 1. The molecule has 5 heteroatoms. The normalized spacial score (nSPS) is 10.8. The Bertz CT molecular complexity index is 716. The van der Waals surface area contributed by atoms with Crippen LogP contribution in [0.2, 0.25) is 5.02 Å². The first-order valence-electron chi connectivity index (χ1n) is 5.79. The number of nitrogens with zero attached hydrogens (tertiary/aromatic N) is 2. The molecule has 0 saturated heterocycles. The first-order valence-corrected chi connectivity index (χ1v) is 7.05. The predicted molar refractivity (Wildman–Crippen MR) is 81.4 cm³/mol. The summed E-state index contributed by atoms with van der Waals surface area (Å²) in [6.45, 7) is 0. The number of nitrogen functional groups attached to an aromatic ring is 1. The first-order chi connectivity index (χ1) is 9.16. The minimum Gasteiger partial charge on any atom is -0.383 e. The van der Waals surface area contributed by atoms with Gasteiger partial charge in [0.2, 0.25) is 0 Å². The summed E-state index contributed by atoms with van der Waals surface area (Å²) in [5.74, 6) is 0.644. The number of rotatable bonds is 2. The van der Waals surface area contributed by atoms with Crippen LogP contribution in [0.3, 0.4) is 0 Å². The van der Waals surface area contributed by atoms with Crippen LogP contribution in [0, 0.1) is 0 Å². The van der Waals surface area contributed by atoms with E-state index in [9.17, 15) is 0 Å². The fourth-order valence-corrected chi connectivity index (χ4v) is 2.96. The van der Waals surface area contributed by atoms with Crippen LogP contribution in [-0.2, 0) is 7.05 Å². The first kappa shape index (κ1) is 12.3. The number of hydrogen-bond acceptors (Lipinski definition) is 3. The third-order valence-corrected chi connectivity index (χ3v) is 4.07. The van der Waals surface area contributed by atoms with E-state index >= 15 is 0 Å². The van der Waals surface area contributed by atoms with Gasteiger partial charge in [-0.3, -0.25) is 4.68 Å². The van der Waals surface area contributed by atoms with E-state index in [-0.39, 0.29) is 0 Å². The van der Waals surface area contributed by atoms with Crippen molar-refractivity contribution in [2.24, 2.45) is 7.05 Å². The van der Waals surface area contributed by atoms with Crippen LogP contribution in [-0.4, -0.2) is 9.78 Å². The summed E-state index contributed by atoms with van der Waals surface area (Å²) in [6.07, 6.45) is 0. The Morgan fingerprint density at radius 1 is 1.26 bits per heavy atom. The molecule has 0 fully saturated rings. The summed E-state index contributed by atoms with van der Waals surface area (Å²) in [5, 5.41) is 7.24. The Labute approximate surface area is 120 Å². The Kier molecular flexibility index (Phi) is 3.05. The molecule has 0 amide bonds. The smallest absolute Gasteiger partial charge is 0.129 e. The van der Waals surface area contributed by atoms with Crippen molar-refractivity contribution >= 4 is 28.8 Å². The molecule has 0 saturated carbocycles. The minimum atomic E-state index is 0.644. The number of hydrogen-bond donors (Lipinski definition) is 1. The van der Waals surface area contributed by atoms with Crippen LogP contribution >= 0.6 is 22.9 Å². The van der Waals surface area contributed by atoms with Crippen molar-refractivity contribution in [1.82, 2.24) is 9.78 Å². The molecule has 3 aromatic rings. The van der Waals surface area contributed by atoms with E-state index < -0.39 is 0 Å². The summed E-state index contributed by atoms with van der Waals surface area (Å²) in [7, 11) is 1.85. The van der Waals surface area contributed by atoms with Crippen molar-refractivity contribution in [1.29, 1.82) is 0 Å². The van der Waals surface area contributed by atoms with Gasteiger partial charge in [-0.25, -0.2) is 0 Å². The molecule has 0 aliphatic carbocycles. The van der Waals surface area contributed by atoms with Gasteiger partial charge in [-0.05, 0) is 29.1 Å². The number of benzene rings is 1. The van der Waals surface area contributed by atoms with Crippen molar-refractivity contribution in [3.05, 3.63) is 46.8 Å². The third-order valence-electron chi connectivity index (χ3n) is 2.96. The Balaban J connectivity index is 2.26. The average Bonchev–Trinajstić information content (AvgIpc) is 2.99. The maximum atomic E-state index is 6.15. The fraction of sp³-hybridized carbons (Fsp3) is 0.0714. The number of aryl methyl sites for hydroxylation is 1.